The van der Waals surface area contributed by atoms with Gasteiger partial charge >= 0.3 is 0 Å². The molecule has 0 unspecified atom stereocenters. The summed E-state index contributed by atoms with van der Waals surface area (Å²) in [6, 6.07) is 16.6. The van der Waals surface area contributed by atoms with Gasteiger partial charge in [0.1, 0.15) is 22.8 Å². The fourth-order valence-corrected chi connectivity index (χ4v) is 3.97. The van der Waals surface area contributed by atoms with Crippen molar-refractivity contribution < 1.29 is 23.4 Å². The van der Waals surface area contributed by atoms with E-state index in [1.165, 1.54) is 6.08 Å². The molecule has 0 fully saturated rings. The van der Waals surface area contributed by atoms with Gasteiger partial charge < -0.3 is 23.9 Å². The molecule has 1 heterocycles. The van der Waals surface area contributed by atoms with Crippen LogP contribution in [0.3, 0.4) is 0 Å². The van der Waals surface area contributed by atoms with Crippen LogP contribution in [0.5, 0.6) is 17.2 Å². The number of hydrogen-bond acceptors (Lipinski definition) is 5. The smallest absolute Gasteiger partial charge is 0.248 e. The summed E-state index contributed by atoms with van der Waals surface area (Å²) in [5, 5.41) is 4.45. The van der Waals surface area contributed by atoms with E-state index in [1.54, 1.807) is 38.7 Å². The lowest BCUT2D eigenvalue weighted by molar-refractivity contribution is -0.111. The van der Waals surface area contributed by atoms with Crippen molar-refractivity contribution >= 4 is 39.7 Å². The van der Waals surface area contributed by atoms with E-state index in [4.69, 9.17) is 30.2 Å². The van der Waals surface area contributed by atoms with Gasteiger partial charge in [-0.1, -0.05) is 23.7 Å². The van der Waals surface area contributed by atoms with E-state index >= 15 is 0 Å². The van der Waals surface area contributed by atoms with Gasteiger partial charge in [-0.2, -0.15) is 0 Å². The molecule has 0 aliphatic heterocycles. The third-order valence-electron chi connectivity index (χ3n) is 5.57. The van der Waals surface area contributed by atoms with Crippen LogP contribution in [-0.4, -0.2) is 26.7 Å². The van der Waals surface area contributed by atoms with Gasteiger partial charge in [-0.15, -0.1) is 0 Å². The lowest BCUT2D eigenvalue weighted by Gasteiger charge is -2.13. The normalized spacial score (nSPS) is 11.4. The molecule has 180 valence electrons. The van der Waals surface area contributed by atoms with Crippen molar-refractivity contribution in [2.24, 2.45) is 0 Å². The van der Waals surface area contributed by atoms with Gasteiger partial charge in [-0.3, -0.25) is 4.79 Å². The van der Waals surface area contributed by atoms with E-state index in [1.807, 2.05) is 50.2 Å². The zero-order valence-electron chi connectivity index (χ0n) is 20.0. The summed E-state index contributed by atoms with van der Waals surface area (Å²) in [5.41, 5.74) is 4.65. The molecule has 0 bridgehead atoms. The standard InChI is InChI=1S/C28H26ClNO5/c1-5-34-26-15-27-22(23(16-35-27)18-6-8-19(29)9-7-18)14-21(26)17(2)12-28(31)30-24-13-20(32-3)10-11-25(24)33-4/h6-16H,5H2,1-4H3,(H,30,31)/b17-12+. The first kappa shape index (κ1) is 24.2. The highest BCUT2D eigenvalue weighted by Gasteiger charge is 2.16. The Bertz CT molecular complexity index is 1390. The summed E-state index contributed by atoms with van der Waals surface area (Å²) in [7, 11) is 3.11. The summed E-state index contributed by atoms with van der Waals surface area (Å²) in [6.07, 6.45) is 3.25. The minimum atomic E-state index is -0.304. The molecule has 3 aromatic carbocycles. The molecule has 4 aromatic rings. The summed E-state index contributed by atoms with van der Waals surface area (Å²) in [4.78, 5) is 12.9. The lowest BCUT2D eigenvalue weighted by Crippen LogP contribution is -2.10. The van der Waals surface area contributed by atoms with E-state index in [0.717, 1.165) is 27.6 Å². The number of methoxy groups -OCH3 is 2. The average Bonchev–Trinajstić information content (AvgIpc) is 3.26. The number of carbonyl (C=O) groups is 1. The largest absolute Gasteiger partial charge is 0.497 e. The van der Waals surface area contributed by atoms with Gasteiger partial charge in [0.05, 0.1) is 32.8 Å². The zero-order chi connectivity index (χ0) is 24.9. The molecular formula is C28H26ClNO5. The van der Waals surface area contributed by atoms with Crippen LogP contribution in [0.1, 0.15) is 19.4 Å². The van der Waals surface area contributed by atoms with Crippen molar-refractivity contribution in [2.45, 2.75) is 13.8 Å². The molecule has 0 aliphatic carbocycles. The second-order valence-electron chi connectivity index (χ2n) is 7.82. The zero-order valence-corrected chi connectivity index (χ0v) is 20.7. The van der Waals surface area contributed by atoms with Crippen LogP contribution in [0.4, 0.5) is 5.69 Å². The summed E-state index contributed by atoms with van der Waals surface area (Å²) >= 11 is 6.06. The number of nitrogens with one attached hydrogen (secondary N) is 1. The van der Waals surface area contributed by atoms with Crippen LogP contribution in [0.15, 0.2) is 71.4 Å². The molecule has 1 amide bonds. The highest BCUT2D eigenvalue weighted by molar-refractivity contribution is 6.30. The number of allylic oxidation sites excluding steroid dienone is 1. The number of benzene rings is 3. The van der Waals surface area contributed by atoms with E-state index in [9.17, 15) is 4.79 Å². The Labute approximate surface area is 209 Å². The molecule has 1 N–H and O–H groups in total. The summed E-state index contributed by atoms with van der Waals surface area (Å²) in [6.45, 7) is 4.26. The average molecular weight is 492 g/mol. The third kappa shape index (κ3) is 5.28. The topological polar surface area (TPSA) is 69.9 Å². The quantitative estimate of drug-likeness (QED) is 0.264. The number of anilines is 1. The predicted molar refractivity (Wildman–Crippen MR) is 140 cm³/mol. The number of furan rings is 1. The molecule has 7 heteroatoms. The molecular weight excluding hydrogens is 466 g/mol. The number of ether oxygens (including phenoxy) is 3. The molecule has 35 heavy (non-hydrogen) atoms. The minimum Gasteiger partial charge on any atom is -0.497 e. The molecule has 0 saturated heterocycles. The Kier molecular flexibility index (Phi) is 7.32. The first-order chi connectivity index (χ1) is 16.9. The Morgan fingerprint density at radius 2 is 1.80 bits per heavy atom. The molecule has 0 spiro atoms. The Hall–Kier alpha value is -3.90. The van der Waals surface area contributed by atoms with Crippen LogP contribution in [-0.2, 0) is 4.79 Å². The first-order valence-electron chi connectivity index (χ1n) is 11.1. The number of rotatable bonds is 8. The van der Waals surface area contributed by atoms with Crippen molar-refractivity contribution in [2.75, 3.05) is 26.1 Å². The molecule has 4 rings (SSSR count). The van der Waals surface area contributed by atoms with Crippen LogP contribution >= 0.6 is 11.6 Å². The van der Waals surface area contributed by atoms with E-state index < -0.39 is 0 Å². The maximum atomic E-state index is 12.9. The van der Waals surface area contributed by atoms with E-state index in [-0.39, 0.29) is 5.91 Å². The lowest BCUT2D eigenvalue weighted by atomic mass is 9.99. The van der Waals surface area contributed by atoms with E-state index in [0.29, 0.717) is 40.1 Å². The Morgan fingerprint density at radius 1 is 1.03 bits per heavy atom. The fraction of sp³-hybridized carbons (Fsp3) is 0.179. The highest BCUT2D eigenvalue weighted by Crippen LogP contribution is 2.38. The Morgan fingerprint density at radius 3 is 2.49 bits per heavy atom. The fourth-order valence-electron chi connectivity index (χ4n) is 3.85. The molecule has 0 saturated carbocycles. The van der Waals surface area contributed by atoms with Gasteiger partial charge in [0, 0.05) is 39.7 Å². The number of amides is 1. The monoisotopic (exact) mass is 491 g/mol. The van der Waals surface area contributed by atoms with Crippen LogP contribution in [0, 0.1) is 0 Å². The summed E-state index contributed by atoms with van der Waals surface area (Å²) in [5.74, 6) is 1.48. The second kappa shape index (κ2) is 10.6. The van der Waals surface area contributed by atoms with Crippen molar-refractivity contribution in [3.05, 3.63) is 77.5 Å². The van der Waals surface area contributed by atoms with Gasteiger partial charge in [0.25, 0.3) is 0 Å². The molecule has 0 radical (unpaired) electrons. The van der Waals surface area contributed by atoms with Crippen LogP contribution in [0.2, 0.25) is 5.02 Å². The van der Waals surface area contributed by atoms with Crippen molar-refractivity contribution in [1.82, 2.24) is 0 Å². The number of carbonyl (C=O) groups excluding carboxylic acids is 1. The predicted octanol–water partition coefficient (Wildman–Crippen LogP) is 7.21. The van der Waals surface area contributed by atoms with Gasteiger partial charge in [-0.25, -0.2) is 0 Å². The van der Waals surface area contributed by atoms with Gasteiger partial charge in [0.15, 0.2) is 0 Å². The van der Waals surface area contributed by atoms with Crippen molar-refractivity contribution in [3.63, 3.8) is 0 Å². The highest BCUT2D eigenvalue weighted by atomic mass is 35.5. The van der Waals surface area contributed by atoms with Crippen molar-refractivity contribution in [1.29, 1.82) is 0 Å². The Balaban J connectivity index is 1.71. The number of hydrogen-bond donors (Lipinski definition) is 1. The first-order valence-corrected chi connectivity index (χ1v) is 11.5. The number of fused-ring (bicyclic) bond motifs is 1. The molecule has 6 nitrogen and oxygen atoms in total. The second-order valence-corrected chi connectivity index (χ2v) is 8.25. The number of halogens is 1. The van der Waals surface area contributed by atoms with E-state index in [2.05, 4.69) is 5.32 Å². The summed E-state index contributed by atoms with van der Waals surface area (Å²) < 4.78 is 22.3. The SMILES string of the molecule is CCOc1cc2occ(-c3ccc(Cl)cc3)c2cc1/C(C)=C/C(=O)Nc1cc(OC)ccc1OC. The van der Waals surface area contributed by atoms with Crippen LogP contribution in [0.25, 0.3) is 27.7 Å². The third-order valence-corrected chi connectivity index (χ3v) is 5.82. The molecule has 0 atom stereocenters. The van der Waals surface area contributed by atoms with Crippen LogP contribution < -0.4 is 19.5 Å². The van der Waals surface area contributed by atoms with Crippen molar-refractivity contribution in [3.8, 4) is 28.4 Å². The molecule has 0 aliphatic rings. The minimum absolute atomic E-state index is 0.304. The molecule has 1 aromatic heterocycles. The maximum Gasteiger partial charge on any atom is 0.248 e. The van der Waals surface area contributed by atoms with Gasteiger partial charge in [0.2, 0.25) is 5.91 Å². The van der Waals surface area contributed by atoms with Gasteiger partial charge in [-0.05, 0) is 55.3 Å². The maximum absolute atomic E-state index is 12.9.